The zero-order valence-corrected chi connectivity index (χ0v) is 15.1. The molecule has 0 spiro atoms. The molecule has 1 aliphatic heterocycles. The maximum Gasteiger partial charge on any atom is 0.322 e. The number of nitrogens with zero attached hydrogens (tertiary/aromatic N) is 4. The summed E-state index contributed by atoms with van der Waals surface area (Å²) in [6.45, 7) is 2.28. The van der Waals surface area contributed by atoms with Gasteiger partial charge in [0.15, 0.2) is 0 Å². The summed E-state index contributed by atoms with van der Waals surface area (Å²) in [5.74, 6) is 0.653. The fraction of sp³-hybridized carbons (Fsp3) is 0.222. The molecule has 2 amide bonds. The maximum atomic E-state index is 12.6. The molecule has 3 heterocycles. The SMILES string of the molecule is O=C(Nc1c[nH]c2c(Cl)cccc2c1=O)N1CCN(c2ncccn2)CC1. The number of aromatic nitrogens is 3. The second kappa shape index (κ2) is 7.24. The molecular formula is C18H17ClN6O2. The van der Waals surface area contributed by atoms with E-state index in [1.165, 1.54) is 6.20 Å². The van der Waals surface area contributed by atoms with Crippen molar-refractivity contribution < 1.29 is 4.79 Å². The summed E-state index contributed by atoms with van der Waals surface area (Å²) < 4.78 is 0. The van der Waals surface area contributed by atoms with Gasteiger partial charge in [0.1, 0.15) is 5.69 Å². The predicted molar refractivity (Wildman–Crippen MR) is 104 cm³/mol. The molecule has 0 aliphatic carbocycles. The number of H-pyrrole nitrogens is 1. The van der Waals surface area contributed by atoms with Crippen LogP contribution in [0.2, 0.25) is 5.02 Å². The van der Waals surface area contributed by atoms with Crippen LogP contribution in [0.5, 0.6) is 0 Å². The summed E-state index contributed by atoms with van der Waals surface area (Å²) >= 11 is 6.09. The number of halogens is 1. The molecule has 2 aromatic heterocycles. The minimum atomic E-state index is -0.310. The number of urea groups is 1. The predicted octanol–water partition coefficient (Wildman–Crippen LogP) is 2.33. The average Bonchev–Trinajstić information content (AvgIpc) is 2.71. The Morgan fingerprint density at radius 2 is 1.85 bits per heavy atom. The summed E-state index contributed by atoms with van der Waals surface area (Å²) in [5, 5.41) is 3.59. The van der Waals surface area contributed by atoms with Crippen molar-refractivity contribution in [1.29, 1.82) is 0 Å². The molecule has 9 heteroatoms. The van der Waals surface area contributed by atoms with Crippen molar-refractivity contribution >= 4 is 40.2 Å². The van der Waals surface area contributed by atoms with Crippen molar-refractivity contribution in [2.75, 3.05) is 36.4 Å². The van der Waals surface area contributed by atoms with E-state index < -0.39 is 0 Å². The van der Waals surface area contributed by atoms with Crippen LogP contribution < -0.4 is 15.6 Å². The summed E-state index contributed by atoms with van der Waals surface area (Å²) in [6, 6.07) is 6.54. The first-order chi connectivity index (χ1) is 13.1. The Balaban J connectivity index is 1.45. The van der Waals surface area contributed by atoms with E-state index in [0.29, 0.717) is 48.1 Å². The van der Waals surface area contributed by atoms with Crippen molar-refractivity contribution in [2.24, 2.45) is 0 Å². The van der Waals surface area contributed by atoms with Gasteiger partial charge >= 0.3 is 6.03 Å². The number of carbonyl (C=O) groups excluding carboxylic acids is 1. The molecule has 2 N–H and O–H groups in total. The zero-order chi connectivity index (χ0) is 18.8. The molecule has 4 rings (SSSR count). The van der Waals surface area contributed by atoms with Crippen LogP contribution in [-0.2, 0) is 0 Å². The van der Waals surface area contributed by atoms with Gasteiger partial charge in [-0.05, 0) is 18.2 Å². The monoisotopic (exact) mass is 384 g/mol. The van der Waals surface area contributed by atoms with E-state index in [-0.39, 0.29) is 17.1 Å². The van der Waals surface area contributed by atoms with Crippen LogP contribution in [0.25, 0.3) is 10.9 Å². The normalized spacial score (nSPS) is 14.4. The number of hydrogen-bond donors (Lipinski definition) is 2. The highest BCUT2D eigenvalue weighted by Gasteiger charge is 2.23. The van der Waals surface area contributed by atoms with Gasteiger partial charge in [0.25, 0.3) is 0 Å². The number of rotatable bonds is 2. The largest absolute Gasteiger partial charge is 0.358 e. The lowest BCUT2D eigenvalue weighted by Gasteiger charge is -2.34. The van der Waals surface area contributed by atoms with Crippen LogP contribution in [0.15, 0.2) is 47.7 Å². The average molecular weight is 385 g/mol. The molecule has 0 radical (unpaired) electrons. The van der Waals surface area contributed by atoms with E-state index in [0.717, 1.165) is 0 Å². The van der Waals surface area contributed by atoms with E-state index in [2.05, 4.69) is 20.3 Å². The van der Waals surface area contributed by atoms with Gasteiger partial charge in [-0.1, -0.05) is 17.7 Å². The zero-order valence-electron chi connectivity index (χ0n) is 14.4. The van der Waals surface area contributed by atoms with Gasteiger partial charge in [0, 0.05) is 50.2 Å². The Morgan fingerprint density at radius 1 is 1.11 bits per heavy atom. The smallest absolute Gasteiger partial charge is 0.322 e. The van der Waals surface area contributed by atoms with E-state index in [1.807, 2.05) is 4.90 Å². The van der Waals surface area contributed by atoms with Gasteiger partial charge in [-0.3, -0.25) is 4.79 Å². The Hall–Kier alpha value is -3.13. The third-order valence-electron chi connectivity index (χ3n) is 4.51. The number of para-hydroxylation sites is 1. The van der Waals surface area contributed by atoms with Gasteiger partial charge in [-0.25, -0.2) is 14.8 Å². The number of benzene rings is 1. The molecule has 138 valence electrons. The van der Waals surface area contributed by atoms with Crippen molar-refractivity contribution in [2.45, 2.75) is 0 Å². The number of amides is 2. The van der Waals surface area contributed by atoms with E-state index in [9.17, 15) is 9.59 Å². The second-order valence-electron chi connectivity index (χ2n) is 6.15. The van der Waals surface area contributed by atoms with Crippen molar-refractivity contribution in [3.8, 4) is 0 Å². The van der Waals surface area contributed by atoms with Crippen molar-refractivity contribution in [3.63, 3.8) is 0 Å². The van der Waals surface area contributed by atoms with E-state index >= 15 is 0 Å². The molecule has 0 bridgehead atoms. The van der Waals surface area contributed by atoms with Crippen LogP contribution in [0.4, 0.5) is 16.4 Å². The van der Waals surface area contributed by atoms with Gasteiger partial charge in [0.05, 0.1) is 10.5 Å². The molecular weight excluding hydrogens is 368 g/mol. The molecule has 1 aliphatic rings. The minimum absolute atomic E-state index is 0.198. The Morgan fingerprint density at radius 3 is 2.59 bits per heavy atom. The standard InChI is InChI=1S/C18H17ClN6O2/c19-13-4-1-3-12-15(13)22-11-14(16(12)26)23-18(27)25-9-7-24(8-10-25)17-20-5-2-6-21-17/h1-6,11H,7-10H2,(H,22,26)(H,23,27). The molecule has 1 saturated heterocycles. The number of hydrogen-bond acceptors (Lipinski definition) is 5. The highest BCUT2D eigenvalue weighted by atomic mass is 35.5. The number of anilines is 2. The summed E-state index contributed by atoms with van der Waals surface area (Å²) in [4.78, 5) is 40.3. The van der Waals surface area contributed by atoms with E-state index in [1.54, 1.807) is 41.6 Å². The van der Waals surface area contributed by atoms with Gasteiger partial charge in [-0.15, -0.1) is 0 Å². The van der Waals surface area contributed by atoms with Gasteiger partial charge in [0.2, 0.25) is 11.4 Å². The van der Waals surface area contributed by atoms with Crippen LogP contribution in [0.1, 0.15) is 0 Å². The fourth-order valence-electron chi connectivity index (χ4n) is 3.07. The number of piperazine rings is 1. The lowest BCUT2D eigenvalue weighted by atomic mass is 10.2. The van der Waals surface area contributed by atoms with Gasteiger partial charge in [-0.2, -0.15) is 0 Å². The Kier molecular flexibility index (Phi) is 4.64. The summed E-state index contributed by atoms with van der Waals surface area (Å²) in [6.07, 6.45) is 4.86. The Bertz CT molecular complexity index is 1030. The molecule has 0 atom stereocenters. The quantitative estimate of drug-likeness (QED) is 0.707. The van der Waals surface area contributed by atoms with Crippen LogP contribution in [-0.4, -0.2) is 52.1 Å². The van der Waals surface area contributed by atoms with Gasteiger partial charge < -0.3 is 20.1 Å². The molecule has 1 fully saturated rings. The van der Waals surface area contributed by atoms with Crippen LogP contribution in [0, 0.1) is 0 Å². The van der Waals surface area contributed by atoms with Crippen LogP contribution in [0.3, 0.4) is 0 Å². The van der Waals surface area contributed by atoms with Crippen LogP contribution >= 0.6 is 11.6 Å². The fourth-order valence-corrected chi connectivity index (χ4v) is 3.30. The maximum absolute atomic E-state index is 12.6. The van der Waals surface area contributed by atoms with Crippen molar-refractivity contribution in [1.82, 2.24) is 19.9 Å². The first-order valence-electron chi connectivity index (χ1n) is 8.51. The molecule has 27 heavy (non-hydrogen) atoms. The van der Waals surface area contributed by atoms with E-state index in [4.69, 9.17) is 11.6 Å². The topological polar surface area (TPSA) is 94.2 Å². The minimum Gasteiger partial charge on any atom is -0.358 e. The highest BCUT2D eigenvalue weighted by molar-refractivity contribution is 6.35. The second-order valence-corrected chi connectivity index (χ2v) is 6.55. The number of nitrogens with one attached hydrogen (secondary N) is 2. The Labute approximate surface area is 159 Å². The summed E-state index contributed by atoms with van der Waals surface area (Å²) in [5.41, 5.74) is 0.484. The first-order valence-corrected chi connectivity index (χ1v) is 8.89. The third kappa shape index (κ3) is 3.43. The lowest BCUT2D eigenvalue weighted by Crippen LogP contribution is -2.50. The molecule has 1 aromatic carbocycles. The molecule has 0 saturated carbocycles. The molecule has 8 nitrogen and oxygen atoms in total. The third-order valence-corrected chi connectivity index (χ3v) is 4.82. The number of carbonyl (C=O) groups is 1. The lowest BCUT2D eigenvalue weighted by molar-refractivity contribution is 0.208. The number of aromatic amines is 1. The highest BCUT2D eigenvalue weighted by Crippen LogP contribution is 2.20. The first kappa shape index (κ1) is 17.3. The van der Waals surface area contributed by atoms with Crippen molar-refractivity contribution in [3.05, 3.63) is 58.1 Å². The molecule has 0 unspecified atom stereocenters. The number of pyridine rings is 1. The summed E-state index contributed by atoms with van der Waals surface area (Å²) in [7, 11) is 0. The molecule has 3 aromatic rings. The number of fused-ring (bicyclic) bond motifs is 1.